The first-order valence-electron chi connectivity index (χ1n) is 11.7. The van der Waals surface area contributed by atoms with Gasteiger partial charge in [0.15, 0.2) is 0 Å². The number of ether oxygens (including phenoxy) is 2. The molecule has 1 atom stereocenters. The molecule has 0 saturated carbocycles. The number of hydrogen-bond donors (Lipinski definition) is 2. The molecule has 3 rings (SSSR count). The van der Waals surface area contributed by atoms with E-state index in [0.29, 0.717) is 36.9 Å². The number of nitrogens with one attached hydrogen (secondary N) is 1. The molecule has 1 aromatic heterocycles. The highest BCUT2D eigenvalue weighted by atomic mass is 35.5. The third kappa shape index (κ3) is 9.28. The van der Waals surface area contributed by atoms with Crippen molar-refractivity contribution < 1.29 is 27.9 Å². The third-order valence-electron chi connectivity index (χ3n) is 5.44. The molecule has 35 heavy (non-hydrogen) atoms. The summed E-state index contributed by atoms with van der Waals surface area (Å²) in [6.07, 6.45) is 6.33. The first kappa shape index (κ1) is 27.2. The Balaban J connectivity index is 1.45. The summed E-state index contributed by atoms with van der Waals surface area (Å²) in [5, 5.41) is 3.96. The molecule has 0 amide bonds. The van der Waals surface area contributed by atoms with Gasteiger partial charge in [-0.15, -0.1) is 9.42 Å². The predicted octanol–water partition coefficient (Wildman–Crippen LogP) is 6.55. The zero-order valence-corrected chi connectivity index (χ0v) is 21.5. The average molecular weight is 521 g/mol. The summed E-state index contributed by atoms with van der Waals surface area (Å²) in [6, 6.07) is 15.8. The molecule has 0 spiro atoms. The van der Waals surface area contributed by atoms with Crippen molar-refractivity contribution in [1.82, 2.24) is 5.32 Å². The van der Waals surface area contributed by atoms with Crippen LogP contribution in [0, 0.1) is 0 Å². The van der Waals surface area contributed by atoms with Gasteiger partial charge in [0.05, 0.1) is 30.6 Å². The van der Waals surface area contributed by atoms with Crippen LogP contribution in [-0.2, 0) is 22.1 Å². The van der Waals surface area contributed by atoms with E-state index in [4.69, 9.17) is 30.4 Å². The lowest BCUT2D eigenvalue weighted by molar-refractivity contribution is 0.276. The standard InChI is InChI=1S/C26H31ClNO6P/c1-31-26-12-9-20(18-23(26)27)7-3-2-4-14-32-25-11-10-21(17-22(25)24-8-5-15-33-24)19-28-13-6-16-34-35(29)30/h5,8-12,15,17-18,28H,2-4,6-7,13-14,16,19H2,1H3/p+1. The molecular formula is C26H32ClNO6P+. The largest absolute Gasteiger partial charge is 0.694 e. The molecule has 1 heterocycles. The minimum absolute atomic E-state index is 0.247. The van der Waals surface area contributed by atoms with Crippen molar-refractivity contribution in [1.29, 1.82) is 0 Å². The SMILES string of the molecule is COc1ccc(CCCCCOc2ccc(CNCCCO[P+](=O)O)cc2-c2ccco2)cc1Cl. The molecule has 9 heteroatoms. The maximum atomic E-state index is 10.5. The van der Waals surface area contributed by atoms with Crippen LogP contribution in [0.1, 0.15) is 36.8 Å². The molecule has 0 aliphatic carbocycles. The Morgan fingerprint density at radius 3 is 2.57 bits per heavy atom. The number of methoxy groups -OCH3 is 1. The summed E-state index contributed by atoms with van der Waals surface area (Å²) in [6.45, 7) is 2.22. The quantitative estimate of drug-likeness (QED) is 0.163. The number of aryl methyl sites for hydroxylation is 1. The van der Waals surface area contributed by atoms with Crippen LogP contribution in [0.2, 0.25) is 5.02 Å². The second-order valence-electron chi connectivity index (χ2n) is 8.04. The van der Waals surface area contributed by atoms with E-state index < -0.39 is 8.25 Å². The fourth-order valence-corrected chi connectivity index (χ4v) is 4.23. The van der Waals surface area contributed by atoms with Crippen LogP contribution in [-0.4, -0.2) is 31.8 Å². The van der Waals surface area contributed by atoms with Gasteiger partial charge in [-0.05, 0) is 86.2 Å². The summed E-state index contributed by atoms with van der Waals surface area (Å²) < 4.78 is 32.1. The third-order valence-corrected chi connectivity index (χ3v) is 6.14. The lowest BCUT2D eigenvalue weighted by Crippen LogP contribution is -2.16. The molecule has 1 unspecified atom stereocenters. The van der Waals surface area contributed by atoms with Crippen LogP contribution in [0.4, 0.5) is 0 Å². The molecule has 2 aromatic carbocycles. The molecule has 188 valence electrons. The summed E-state index contributed by atoms with van der Waals surface area (Å²) in [7, 11) is -0.910. The number of furan rings is 1. The van der Waals surface area contributed by atoms with Gasteiger partial charge in [0, 0.05) is 11.1 Å². The zero-order valence-electron chi connectivity index (χ0n) is 19.9. The van der Waals surface area contributed by atoms with Crippen molar-refractivity contribution >= 4 is 19.9 Å². The molecule has 0 aliphatic rings. The van der Waals surface area contributed by atoms with Gasteiger partial charge in [0.2, 0.25) is 0 Å². The monoisotopic (exact) mass is 520 g/mol. The number of halogens is 1. The van der Waals surface area contributed by atoms with E-state index in [1.54, 1.807) is 13.4 Å². The van der Waals surface area contributed by atoms with Gasteiger partial charge in [0.1, 0.15) is 23.9 Å². The highest BCUT2D eigenvalue weighted by Gasteiger charge is 2.12. The Labute approximate surface area is 212 Å². The van der Waals surface area contributed by atoms with E-state index >= 15 is 0 Å². The Morgan fingerprint density at radius 2 is 1.83 bits per heavy atom. The van der Waals surface area contributed by atoms with Crippen molar-refractivity contribution in [3.8, 4) is 22.8 Å². The molecule has 0 fully saturated rings. The minimum atomic E-state index is -2.53. The maximum Gasteiger partial charge on any atom is 0.694 e. The van der Waals surface area contributed by atoms with Crippen molar-refractivity contribution in [2.75, 3.05) is 26.9 Å². The summed E-state index contributed by atoms with van der Waals surface area (Å²) in [5.41, 5.74) is 3.22. The highest BCUT2D eigenvalue weighted by Crippen LogP contribution is 2.32. The van der Waals surface area contributed by atoms with E-state index in [2.05, 4.69) is 22.0 Å². The van der Waals surface area contributed by atoms with E-state index in [9.17, 15) is 4.57 Å². The average Bonchev–Trinajstić information content (AvgIpc) is 3.39. The van der Waals surface area contributed by atoms with Gasteiger partial charge < -0.3 is 19.2 Å². The Kier molecular flexibility index (Phi) is 11.5. The molecule has 7 nitrogen and oxygen atoms in total. The smallest absolute Gasteiger partial charge is 0.495 e. The second kappa shape index (κ2) is 14.9. The molecule has 0 radical (unpaired) electrons. The first-order valence-corrected chi connectivity index (χ1v) is 13.2. The Hall–Kier alpha value is -2.41. The van der Waals surface area contributed by atoms with Crippen LogP contribution in [0.3, 0.4) is 0 Å². The second-order valence-corrected chi connectivity index (χ2v) is 9.18. The van der Waals surface area contributed by atoms with E-state index in [0.717, 1.165) is 48.3 Å². The lowest BCUT2D eigenvalue weighted by atomic mass is 10.1. The van der Waals surface area contributed by atoms with Gasteiger partial charge >= 0.3 is 8.25 Å². The Morgan fingerprint density at radius 1 is 1.00 bits per heavy atom. The van der Waals surface area contributed by atoms with Crippen LogP contribution in [0.25, 0.3) is 11.3 Å². The predicted molar refractivity (Wildman–Crippen MR) is 137 cm³/mol. The highest BCUT2D eigenvalue weighted by molar-refractivity contribution is 7.32. The van der Waals surface area contributed by atoms with Gasteiger partial charge in [-0.3, -0.25) is 0 Å². The lowest BCUT2D eigenvalue weighted by Gasteiger charge is -2.13. The molecule has 0 bridgehead atoms. The van der Waals surface area contributed by atoms with Crippen molar-refractivity contribution in [2.24, 2.45) is 0 Å². The minimum Gasteiger partial charge on any atom is -0.495 e. The summed E-state index contributed by atoms with van der Waals surface area (Å²) in [4.78, 5) is 8.65. The molecule has 3 aromatic rings. The molecule has 0 saturated heterocycles. The number of benzene rings is 2. The van der Waals surface area contributed by atoms with Gasteiger partial charge in [0.25, 0.3) is 0 Å². The van der Waals surface area contributed by atoms with Crippen molar-refractivity contribution in [2.45, 2.75) is 38.6 Å². The molecule has 2 N–H and O–H groups in total. The number of rotatable bonds is 16. The van der Waals surface area contributed by atoms with E-state index in [1.807, 2.05) is 36.4 Å². The number of unbranched alkanes of at least 4 members (excludes halogenated alkanes) is 2. The van der Waals surface area contributed by atoms with Crippen LogP contribution >= 0.6 is 19.9 Å². The normalized spacial score (nSPS) is 11.5. The van der Waals surface area contributed by atoms with Gasteiger partial charge in [-0.2, -0.15) is 0 Å². The van der Waals surface area contributed by atoms with Crippen molar-refractivity contribution in [3.05, 3.63) is 70.9 Å². The first-order chi connectivity index (χ1) is 17.1. The fourth-order valence-electron chi connectivity index (χ4n) is 3.67. The molecule has 0 aliphatic heterocycles. The van der Waals surface area contributed by atoms with Gasteiger partial charge in [-0.25, -0.2) is 0 Å². The number of hydrogen-bond acceptors (Lipinski definition) is 6. The van der Waals surface area contributed by atoms with Crippen LogP contribution < -0.4 is 14.8 Å². The van der Waals surface area contributed by atoms with Crippen molar-refractivity contribution in [3.63, 3.8) is 0 Å². The maximum absolute atomic E-state index is 10.5. The van der Waals surface area contributed by atoms with E-state index in [-0.39, 0.29) is 6.61 Å². The fraction of sp³-hybridized carbons (Fsp3) is 0.385. The van der Waals surface area contributed by atoms with Gasteiger partial charge in [-0.1, -0.05) is 23.7 Å². The summed E-state index contributed by atoms with van der Waals surface area (Å²) in [5.74, 6) is 2.26. The Bertz CT molecular complexity index is 1060. The zero-order chi connectivity index (χ0) is 24.9. The van der Waals surface area contributed by atoms with Crippen LogP contribution in [0.15, 0.2) is 59.2 Å². The molecular weight excluding hydrogens is 489 g/mol. The summed E-state index contributed by atoms with van der Waals surface area (Å²) >= 11 is 6.21. The van der Waals surface area contributed by atoms with E-state index in [1.165, 1.54) is 5.56 Å². The topological polar surface area (TPSA) is 90.2 Å². The van der Waals surface area contributed by atoms with Crippen LogP contribution in [0.5, 0.6) is 11.5 Å².